The average Bonchev–Trinajstić information content (AvgIpc) is 2.42. The molecule has 3 nitrogen and oxygen atoms in total. The highest BCUT2D eigenvalue weighted by atomic mass is 16.3. The van der Waals surface area contributed by atoms with Crippen molar-refractivity contribution >= 4 is 0 Å². The Balaban J connectivity index is 2.45. The van der Waals surface area contributed by atoms with Gasteiger partial charge in [-0.1, -0.05) is 30.3 Å². The van der Waals surface area contributed by atoms with E-state index in [4.69, 9.17) is 0 Å². The van der Waals surface area contributed by atoms with Gasteiger partial charge in [0.1, 0.15) is 5.75 Å². The second kappa shape index (κ2) is 7.43. The summed E-state index contributed by atoms with van der Waals surface area (Å²) in [6, 6.07) is 14.3. The molecule has 0 spiro atoms. The average molecular weight is 298 g/mol. The summed E-state index contributed by atoms with van der Waals surface area (Å²) in [7, 11) is 8.23. The predicted octanol–water partition coefficient (Wildman–Crippen LogP) is 3.11. The number of hydrogen-bond acceptors (Lipinski definition) is 3. The minimum atomic E-state index is 0.352. The molecule has 0 unspecified atom stereocenters. The lowest BCUT2D eigenvalue weighted by Crippen LogP contribution is -2.17. The van der Waals surface area contributed by atoms with Gasteiger partial charge in [0.2, 0.25) is 0 Å². The fourth-order valence-corrected chi connectivity index (χ4v) is 2.77. The Labute approximate surface area is 133 Å². The van der Waals surface area contributed by atoms with E-state index in [1.165, 1.54) is 22.3 Å². The first-order valence-corrected chi connectivity index (χ1v) is 7.62. The highest BCUT2D eigenvalue weighted by molar-refractivity contribution is 5.44. The summed E-state index contributed by atoms with van der Waals surface area (Å²) in [4.78, 5) is 4.28. The van der Waals surface area contributed by atoms with Crippen molar-refractivity contribution < 1.29 is 5.11 Å². The molecule has 1 N–H and O–H groups in total. The maximum absolute atomic E-state index is 10.1. The Morgan fingerprint density at radius 3 is 1.77 bits per heavy atom. The van der Waals surface area contributed by atoms with Crippen LogP contribution in [0.2, 0.25) is 0 Å². The first kappa shape index (κ1) is 16.5. The van der Waals surface area contributed by atoms with Crippen LogP contribution in [0.1, 0.15) is 22.3 Å². The molecular formula is C19H26N2O. The van der Waals surface area contributed by atoms with Crippen LogP contribution in [-0.2, 0) is 19.5 Å². The van der Waals surface area contributed by atoms with Crippen LogP contribution in [0.3, 0.4) is 0 Å². The van der Waals surface area contributed by atoms with Crippen molar-refractivity contribution in [2.45, 2.75) is 19.5 Å². The number of benzene rings is 2. The van der Waals surface area contributed by atoms with Gasteiger partial charge in [-0.3, -0.25) is 0 Å². The van der Waals surface area contributed by atoms with E-state index >= 15 is 0 Å². The quantitative estimate of drug-likeness (QED) is 0.887. The molecule has 2 rings (SSSR count). The van der Waals surface area contributed by atoms with Gasteiger partial charge in [0.15, 0.2) is 0 Å². The maximum Gasteiger partial charge on any atom is 0.116 e. The molecule has 0 aliphatic rings. The smallest absolute Gasteiger partial charge is 0.116 e. The van der Waals surface area contributed by atoms with E-state index in [-0.39, 0.29) is 0 Å². The van der Waals surface area contributed by atoms with Crippen LogP contribution >= 0.6 is 0 Å². The summed E-state index contributed by atoms with van der Waals surface area (Å²) in [5.74, 6) is 0.352. The molecule has 0 aliphatic carbocycles. The normalized spacial score (nSPS) is 11.4. The minimum absolute atomic E-state index is 0.352. The van der Waals surface area contributed by atoms with E-state index in [1.54, 1.807) is 0 Å². The predicted molar refractivity (Wildman–Crippen MR) is 92.1 cm³/mol. The topological polar surface area (TPSA) is 26.7 Å². The van der Waals surface area contributed by atoms with Crippen molar-refractivity contribution in [2.75, 3.05) is 28.2 Å². The van der Waals surface area contributed by atoms with Gasteiger partial charge in [0.05, 0.1) is 0 Å². The first-order chi connectivity index (χ1) is 10.5. The Kier molecular flexibility index (Phi) is 5.58. The van der Waals surface area contributed by atoms with Crippen LogP contribution in [0.4, 0.5) is 0 Å². The fourth-order valence-electron chi connectivity index (χ4n) is 2.77. The van der Waals surface area contributed by atoms with Gasteiger partial charge in [-0.2, -0.15) is 0 Å². The van der Waals surface area contributed by atoms with Gasteiger partial charge in [0, 0.05) is 13.1 Å². The van der Waals surface area contributed by atoms with E-state index in [1.807, 2.05) is 18.2 Å². The number of nitrogens with zero attached hydrogens (tertiary/aromatic N) is 2. The highest BCUT2D eigenvalue weighted by Crippen LogP contribution is 2.26. The molecule has 22 heavy (non-hydrogen) atoms. The summed E-state index contributed by atoms with van der Waals surface area (Å²) < 4.78 is 0. The van der Waals surface area contributed by atoms with Gasteiger partial charge < -0.3 is 14.9 Å². The number of hydrogen-bond donors (Lipinski definition) is 1. The number of aromatic hydroxyl groups is 1. The molecule has 3 heteroatoms. The molecule has 2 aromatic rings. The van der Waals surface area contributed by atoms with E-state index < -0.39 is 0 Å². The largest absolute Gasteiger partial charge is 0.508 e. The van der Waals surface area contributed by atoms with E-state index in [2.05, 4.69) is 62.3 Å². The highest BCUT2D eigenvalue weighted by Gasteiger charge is 2.13. The van der Waals surface area contributed by atoms with Gasteiger partial charge in [-0.25, -0.2) is 0 Å². The van der Waals surface area contributed by atoms with Gasteiger partial charge >= 0.3 is 0 Å². The van der Waals surface area contributed by atoms with Crippen LogP contribution < -0.4 is 0 Å². The molecule has 0 heterocycles. The van der Waals surface area contributed by atoms with Crippen LogP contribution in [0.25, 0.3) is 0 Å². The third-order valence-electron chi connectivity index (χ3n) is 3.62. The summed E-state index contributed by atoms with van der Waals surface area (Å²) in [6.07, 6.45) is 0.896. The zero-order chi connectivity index (χ0) is 16.1. The summed E-state index contributed by atoms with van der Waals surface area (Å²) in [6.45, 7) is 1.66. The standard InChI is InChI=1S/C19H26N2O/c1-20(2)13-16-11-18(22)12-17(14-21(3)4)19(16)10-15-8-6-5-7-9-15/h5-9,11-12,22H,10,13-14H2,1-4H3. The third kappa shape index (κ3) is 4.58. The van der Waals surface area contributed by atoms with Crippen molar-refractivity contribution in [2.24, 2.45) is 0 Å². The molecule has 0 aromatic heterocycles. The fraction of sp³-hybridized carbons (Fsp3) is 0.368. The molecule has 0 saturated carbocycles. The summed E-state index contributed by atoms with van der Waals surface area (Å²) in [5.41, 5.74) is 5.02. The summed E-state index contributed by atoms with van der Waals surface area (Å²) in [5, 5.41) is 10.1. The van der Waals surface area contributed by atoms with Crippen LogP contribution in [0.5, 0.6) is 5.75 Å². The Morgan fingerprint density at radius 2 is 1.32 bits per heavy atom. The SMILES string of the molecule is CN(C)Cc1cc(O)cc(CN(C)C)c1Cc1ccccc1. The number of phenols is 1. The zero-order valence-electron chi connectivity index (χ0n) is 14.0. The lowest BCUT2D eigenvalue weighted by molar-refractivity contribution is 0.389. The lowest BCUT2D eigenvalue weighted by atomic mass is 9.93. The van der Waals surface area contributed by atoms with Crippen molar-refractivity contribution in [3.63, 3.8) is 0 Å². The zero-order valence-corrected chi connectivity index (χ0v) is 14.0. The molecule has 0 bridgehead atoms. The molecule has 0 fully saturated rings. The van der Waals surface area contributed by atoms with E-state index in [9.17, 15) is 5.11 Å². The molecule has 0 radical (unpaired) electrons. The summed E-state index contributed by atoms with van der Waals surface area (Å²) >= 11 is 0. The molecule has 118 valence electrons. The van der Waals surface area contributed by atoms with Crippen LogP contribution in [-0.4, -0.2) is 43.1 Å². The molecular weight excluding hydrogens is 272 g/mol. The van der Waals surface area contributed by atoms with E-state index in [0.717, 1.165) is 19.5 Å². The maximum atomic E-state index is 10.1. The molecule has 0 aliphatic heterocycles. The van der Waals surface area contributed by atoms with Crippen LogP contribution in [0, 0.1) is 0 Å². The van der Waals surface area contributed by atoms with E-state index in [0.29, 0.717) is 5.75 Å². The van der Waals surface area contributed by atoms with Gasteiger partial charge in [-0.15, -0.1) is 0 Å². The number of rotatable bonds is 6. The first-order valence-electron chi connectivity index (χ1n) is 7.62. The van der Waals surface area contributed by atoms with Crippen LogP contribution in [0.15, 0.2) is 42.5 Å². The molecule has 2 aromatic carbocycles. The molecule has 0 amide bonds. The number of phenolic OH excluding ortho intramolecular Hbond substituents is 1. The monoisotopic (exact) mass is 298 g/mol. The lowest BCUT2D eigenvalue weighted by Gasteiger charge is -2.20. The second-order valence-corrected chi connectivity index (χ2v) is 6.38. The van der Waals surface area contributed by atoms with Crippen molar-refractivity contribution in [1.82, 2.24) is 9.80 Å². The second-order valence-electron chi connectivity index (χ2n) is 6.38. The van der Waals surface area contributed by atoms with Crippen molar-refractivity contribution in [1.29, 1.82) is 0 Å². The molecule has 0 saturated heterocycles. The van der Waals surface area contributed by atoms with Gasteiger partial charge in [0.25, 0.3) is 0 Å². The third-order valence-corrected chi connectivity index (χ3v) is 3.62. The molecule has 0 atom stereocenters. The minimum Gasteiger partial charge on any atom is -0.508 e. The Morgan fingerprint density at radius 1 is 0.818 bits per heavy atom. The van der Waals surface area contributed by atoms with Crippen molar-refractivity contribution in [3.8, 4) is 5.75 Å². The van der Waals surface area contributed by atoms with Crippen molar-refractivity contribution in [3.05, 3.63) is 64.7 Å². The Bertz CT molecular complexity index is 575. The van der Waals surface area contributed by atoms with Gasteiger partial charge in [-0.05, 0) is 69.0 Å². The Hall–Kier alpha value is -1.84.